The van der Waals surface area contributed by atoms with Crippen LogP contribution in [-0.4, -0.2) is 17.2 Å². The molecular formula is C16H11BrN2O2S. The number of phenols is 1. The topological polar surface area (TPSA) is 61.7 Å². The second kappa shape index (κ2) is 6.29. The van der Waals surface area contributed by atoms with Gasteiger partial charge in [-0.25, -0.2) is 5.43 Å². The van der Waals surface area contributed by atoms with Crippen molar-refractivity contribution >= 4 is 50.2 Å². The highest BCUT2D eigenvalue weighted by Gasteiger charge is 2.08. The molecule has 0 aliphatic heterocycles. The van der Waals surface area contributed by atoms with E-state index in [1.165, 1.54) is 17.6 Å². The number of aromatic hydroxyl groups is 1. The van der Waals surface area contributed by atoms with E-state index in [2.05, 4.69) is 26.5 Å². The van der Waals surface area contributed by atoms with Gasteiger partial charge in [0.1, 0.15) is 5.75 Å². The van der Waals surface area contributed by atoms with Gasteiger partial charge in [0.15, 0.2) is 0 Å². The normalized spacial score (nSPS) is 11.1. The summed E-state index contributed by atoms with van der Waals surface area (Å²) in [5, 5.41) is 15.8. The van der Waals surface area contributed by atoms with E-state index in [1.807, 2.05) is 30.3 Å². The Hall–Kier alpha value is -2.18. The number of nitrogens with one attached hydrogen (secondary N) is 1. The minimum Gasteiger partial charge on any atom is -0.507 e. The minimum atomic E-state index is -0.285. The first-order chi connectivity index (χ1) is 10.6. The van der Waals surface area contributed by atoms with Gasteiger partial charge in [-0.05, 0) is 44.9 Å². The van der Waals surface area contributed by atoms with Gasteiger partial charge in [-0.1, -0.05) is 30.3 Å². The van der Waals surface area contributed by atoms with E-state index < -0.39 is 0 Å². The van der Waals surface area contributed by atoms with Crippen LogP contribution in [0, 0.1) is 0 Å². The second-order valence-electron chi connectivity index (χ2n) is 4.52. The van der Waals surface area contributed by atoms with E-state index in [0.29, 0.717) is 10.4 Å². The third kappa shape index (κ3) is 3.03. The molecule has 110 valence electrons. The van der Waals surface area contributed by atoms with Gasteiger partial charge < -0.3 is 5.11 Å². The third-order valence-corrected chi connectivity index (χ3v) is 4.73. The molecular weight excluding hydrogens is 364 g/mol. The monoisotopic (exact) mass is 374 g/mol. The number of fused-ring (bicyclic) bond motifs is 1. The van der Waals surface area contributed by atoms with Crippen molar-refractivity contribution in [3.63, 3.8) is 0 Å². The molecule has 4 nitrogen and oxygen atoms in total. The SMILES string of the molecule is O=C(NN=Cc1c(O)ccc2ccccc12)c1ccc(Br)s1. The fourth-order valence-electron chi connectivity index (χ4n) is 2.07. The van der Waals surface area contributed by atoms with Gasteiger partial charge in [0.2, 0.25) is 0 Å². The maximum Gasteiger partial charge on any atom is 0.281 e. The highest BCUT2D eigenvalue weighted by Crippen LogP contribution is 2.25. The van der Waals surface area contributed by atoms with E-state index in [4.69, 9.17) is 0 Å². The van der Waals surface area contributed by atoms with Crippen LogP contribution in [0.5, 0.6) is 5.75 Å². The first-order valence-corrected chi connectivity index (χ1v) is 8.05. The number of hydrazone groups is 1. The molecule has 0 aliphatic carbocycles. The molecule has 0 spiro atoms. The van der Waals surface area contributed by atoms with Gasteiger partial charge in [0, 0.05) is 5.56 Å². The Labute approximate surface area is 139 Å². The maximum atomic E-state index is 11.9. The van der Waals surface area contributed by atoms with Crippen molar-refractivity contribution in [2.75, 3.05) is 0 Å². The Kier molecular flexibility index (Phi) is 4.22. The summed E-state index contributed by atoms with van der Waals surface area (Å²) in [6.45, 7) is 0. The van der Waals surface area contributed by atoms with Gasteiger partial charge in [0.05, 0.1) is 14.9 Å². The maximum absolute atomic E-state index is 11.9. The summed E-state index contributed by atoms with van der Waals surface area (Å²) < 4.78 is 0.883. The molecule has 0 fully saturated rings. The molecule has 0 atom stereocenters. The molecule has 1 heterocycles. The van der Waals surface area contributed by atoms with Crippen LogP contribution in [0.1, 0.15) is 15.2 Å². The number of nitrogens with zero attached hydrogens (tertiary/aromatic N) is 1. The van der Waals surface area contributed by atoms with Crippen molar-refractivity contribution in [1.29, 1.82) is 0 Å². The molecule has 0 saturated carbocycles. The van der Waals surface area contributed by atoms with Gasteiger partial charge >= 0.3 is 0 Å². The molecule has 2 N–H and O–H groups in total. The average Bonchev–Trinajstić information content (AvgIpc) is 2.96. The van der Waals surface area contributed by atoms with Crippen LogP contribution >= 0.6 is 27.3 Å². The number of hydrogen-bond acceptors (Lipinski definition) is 4. The van der Waals surface area contributed by atoms with Crippen LogP contribution in [0.3, 0.4) is 0 Å². The quantitative estimate of drug-likeness (QED) is 0.534. The molecule has 0 aliphatic rings. The van der Waals surface area contributed by atoms with Crippen molar-refractivity contribution in [2.24, 2.45) is 5.10 Å². The number of phenolic OH excluding ortho intramolecular Hbond substituents is 1. The van der Waals surface area contributed by atoms with Crippen LogP contribution < -0.4 is 5.43 Å². The van der Waals surface area contributed by atoms with Crippen LogP contribution in [0.2, 0.25) is 0 Å². The van der Waals surface area contributed by atoms with E-state index in [-0.39, 0.29) is 11.7 Å². The van der Waals surface area contributed by atoms with E-state index in [1.54, 1.807) is 18.2 Å². The number of benzene rings is 2. The highest BCUT2D eigenvalue weighted by atomic mass is 79.9. The summed E-state index contributed by atoms with van der Waals surface area (Å²) >= 11 is 4.64. The molecule has 2 aromatic carbocycles. The molecule has 1 amide bonds. The summed E-state index contributed by atoms with van der Waals surface area (Å²) in [7, 11) is 0. The summed E-state index contributed by atoms with van der Waals surface area (Å²) in [6.07, 6.45) is 1.46. The van der Waals surface area contributed by atoms with E-state index in [0.717, 1.165) is 14.6 Å². The molecule has 0 radical (unpaired) electrons. The van der Waals surface area contributed by atoms with E-state index >= 15 is 0 Å². The smallest absolute Gasteiger partial charge is 0.281 e. The lowest BCUT2D eigenvalue weighted by Gasteiger charge is -2.04. The number of carbonyl (C=O) groups excluding carboxylic acids is 1. The van der Waals surface area contributed by atoms with Crippen molar-refractivity contribution in [1.82, 2.24) is 5.43 Å². The Morgan fingerprint density at radius 3 is 2.77 bits per heavy atom. The lowest BCUT2D eigenvalue weighted by Crippen LogP contribution is -2.16. The molecule has 0 bridgehead atoms. The zero-order chi connectivity index (χ0) is 15.5. The van der Waals surface area contributed by atoms with Gasteiger partial charge in [-0.15, -0.1) is 11.3 Å². The van der Waals surface area contributed by atoms with Crippen molar-refractivity contribution in [3.05, 3.63) is 62.8 Å². The Balaban J connectivity index is 1.84. The van der Waals surface area contributed by atoms with Crippen LogP contribution in [-0.2, 0) is 0 Å². The molecule has 22 heavy (non-hydrogen) atoms. The number of carbonyl (C=O) groups is 1. The summed E-state index contributed by atoms with van der Waals surface area (Å²) in [5.74, 6) is -0.165. The van der Waals surface area contributed by atoms with Crippen LogP contribution in [0.25, 0.3) is 10.8 Å². The second-order valence-corrected chi connectivity index (χ2v) is 6.99. The molecule has 0 saturated heterocycles. The summed E-state index contributed by atoms with van der Waals surface area (Å²) in [6, 6.07) is 14.6. The van der Waals surface area contributed by atoms with Crippen molar-refractivity contribution < 1.29 is 9.90 Å². The fraction of sp³-hybridized carbons (Fsp3) is 0. The van der Waals surface area contributed by atoms with Gasteiger partial charge in [-0.2, -0.15) is 5.10 Å². The van der Waals surface area contributed by atoms with Crippen molar-refractivity contribution in [2.45, 2.75) is 0 Å². The number of amides is 1. The average molecular weight is 375 g/mol. The zero-order valence-electron chi connectivity index (χ0n) is 11.3. The first-order valence-electron chi connectivity index (χ1n) is 6.44. The number of hydrogen-bond donors (Lipinski definition) is 2. The first kappa shape index (κ1) is 14.7. The van der Waals surface area contributed by atoms with Crippen LogP contribution in [0.4, 0.5) is 0 Å². The molecule has 3 rings (SSSR count). The van der Waals surface area contributed by atoms with Crippen molar-refractivity contribution in [3.8, 4) is 5.75 Å². The number of rotatable bonds is 3. The Morgan fingerprint density at radius 1 is 1.18 bits per heavy atom. The third-order valence-electron chi connectivity index (χ3n) is 3.10. The zero-order valence-corrected chi connectivity index (χ0v) is 13.7. The molecule has 1 aromatic heterocycles. The molecule has 0 unspecified atom stereocenters. The van der Waals surface area contributed by atoms with Crippen LogP contribution in [0.15, 0.2) is 57.4 Å². The standard InChI is InChI=1S/C16H11BrN2O2S/c17-15-8-7-14(22-15)16(21)19-18-9-12-11-4-2-1-3-10(11)5-6-13(12)20/h1-9,20H,(H,19,21). The highest BCUT2D eigenvalue weighted by molar-refractivity contribution is 9.11. The number of halogens is 1. The van der Waals surface area contributed by atoms with E-state index in [9.17, 15) is 9.90 Å². The lowest BCUT2D eigenvalue weighted by atomic mass is 10.0. The Bertz CT molecular complexity index is 873. The van der Waals surface area contributed by atoms with Gasteiger partial charge in [0.25, 0.3) is 5.91 Å². The summed E-state index contributed by atoms with van der Waals surface area (Å²) in [5.41, 5.74) is 3.04. The number of thiophene rings is 1. The summed E-state index contributed by atoms with van der Waals surface area (Å²) in [4.78, 5) is 12.5. The largest absolute Gasteiger partial charge is 0.507 e. The predicted octanol–water partition coefficient (Wildman–Crippen LogP) is 4.13. The Morgan fingerprint density at radius 2 is 2.00 bits per heavy atom. The minimum absolute atomic E-state index is 0.121. The molecule has 3 aromatic rings. The molecule has 6 heteroatoms. The van der Waals surface area contributed by atoms with Gasteiger partial charge in [-0.3, -0.25) is 4.79 Å². The predicted molar refractivity (Wildman–Crippen MR) is 92.7 cm³/mol. The fourth-order valence-corrected chi connectivity index (χ4v) is 3.34. The lowest BCUT2D eigenvalue weighted by molar-refractivity contribution is 0.0959.